The van der Waals surface area contributed by atoms with Gasteiger partial charge in [0.15, 0.2) is 0 Å². The van der Waals surface area contributed by atoms with Gasteiger partial charge in [-0.15, -0.1) is 0 Å². The molecule has 5 nitrogen and oxygen atoms in total. The van der Waals surface area contributed by atoms with Gasteiger partial charge in [-0.1, -0.05) is 18.2 Å². The van der Waals surface area contributed by atoms with Gasteiger partial charge in [0.2, 0.25) is 5.91 Å². The Hall–Kier alpha value is -2.95. The Morgan fingerprint density at radius 2 is 2.09 bits per heavy atom. The first-order chi connectivity index (χ1) is 11.1. The lowest BCUT2D eigenvalue weighted by Crippen LogP contribution is -2.25. The first kappa shape index (κ1) is 15.0. The van der Waals surface area contributed by atoms with E-state index in [4.69, 9.17) is 4.42 Å². The molecule has 23 heavy (non-hydrogen) atoms. The molecule has 0 atom stereocenters. The van der Waals surface area contributed by atoms with E-state index < -0.39 is 5.63 Å². The summed E-state index contributed by atoms with van der Waals surface area (Å²) in [6.07, 6.45) is 1.80. The van der Waals surface area contributed by atoms with E-state index in [1.54, 1.807) is 12.3 Å². The van der Waals surface area contributed by atoms with Gasteiger partial charge in [-0.3, -0.25) is 9.78 Å². The van der Waals surface area contributed by atoms with Crippen molar-refractivity contribution in [1.29, 1.82) is 0 Å². The number of fused-ring (bicyclic) bond motifs is 1. The van der Waals surface area contributed by atoms with E-state index in [-0.39, 0.29) is 12.3 Å². The molecule has 1 N–H and O–H groups in total. The minimum Gasteiger partial charge on any atom is -0.423 e. The summed E-state index contributed by atoms with van der Waals surface area (Å²) in [6, 6.07) is 12.5. The van der Waals surface area contributed by atoms with Gasteiger partial charge in [0.05, 0.1) is 18.7 Å². The van der Waals surface area contributed by atoms with Crippen LogP contribution < -0.4 is 10.9 Å². The molecule has 0 radical (unpaired) electrons. The van der Waals surface area contributed by atoms with Crippen LogP contribution >= 0.6 is 0 Å². The van der Waals surface area contributed by atoms with Crippen LogP contribution in [0.25, 0.3) is 11.0 Å². The molecule has 0 unspecified atom stereocenters. The molecule has 0 aliphatic carbocycles. The van der Waals surface area contributed by atoms with Crippen molar-refractivity contribution in [2.45, 2.75) is 19.9 Å². The van der Waals surface area contributed by atoms with Crippen molar-refractivity contribution in [3.63, 3.8) is 0 Å². The first-order valence-corrected chi connectivity index (χ1v) is 7.32. The maximum absolute atomic E-state index is 12.1. The monoisotopic (exact) mass is 308 g/mol. The number of benzene rings is 1. The van der Waals surface area contributed by atoms with E-state index in [0.29, 0.717) is 17.7 Å². The van der Waals surface area contributed by atoms with Gasteiger partial charge in [0, 0.05) is 17.6 Å². The molecule has 5 heteroatoms. The third-order valence-electron chi connectivity index (χ3n) is 3.53. The molecule has 2 heterocycles. The van der Waals surface area contributed by atoms with Crippen molar-refractivity contribution in [2.24, 2.45) is 0 Å². The Morgan fingerprint density at radius 1 is 1.22 bits per heavy atom. The lowest BCUT2D eigenvalue weighted by atomic mass is 10.1. The molecule has 0 fully saturated rings. The minimum atomic E-state index is -0.448. The van der Waals surface area contributed by atoms with E-state index in [0.717, 1.165) is 16.6 Å². The maximum Gasteiger partial charge on any atom is 0.336 e. The summed E-state index contributed by atoms with van der Waals surface area (Å²) in [6.45, 7) is 2.28. The molecule has 0 spiro atoms. The van der Waals surface area contributed by atoms with Crippen LogP contribution in [0.5, 0.6) is 0 Å². The quantitative estimate of drug-likeness (QED) is 0.751. The molecule has 0 saturated heterocycles. The molecular weight excluding hydrogens is 292 g/mol. The van der Waals surface area contributed by atoms with Crippen molar-refractivity contribution in [3.8, 4) is 0 Å². The van der Waals surface area contributed by atoms with Crippen molar-refractivity contribution < 1.29 is 9.21 Å². The number of hydrogen-bond donors (Lipinski definition) is 1. The number of carbonyl (C=O) groups excluding carboxylic acids is 1. The van der Waals surface area contributed by atoms with Crippen LogP contribution in [0.2, 0.25) is 0 Å². The number of hydrogen-bond acceptors (Lipinski definition) is 4. The normalized spacial score (nSPS) is 10.7. The molecule has 0 aliphatic heterocycles. The van der Waals surface area contributed by atoms with E-state index in [2.05, 4.69) is 10.3 Å². The highest BCUT2D eigenvalue weighted by atomic mass is 16.4. The average molecular weight is 308 g/mol. The van der Waals surface area contributed by atoms with E-state index in [1.165, 1.54) is 6.07 Å². The third kappa shape index (κ3) is 3.63. The lowest BCUT2D eigenvalue weighted by molar-refractivity contribution is -0.120. The van der Waals surface area contributed by atoms with Gasteiger partial charge < -0.3 is 9.73 Å². The molecule has 0 aliphatic rings. The molecule has 2 aromatic heterocycles. The van der Waals surface area contributed by atoms with Crippen LogP contribution in [-0.2, 0) is 17.8 Å². The van der Waals surface area contributed by atoms with Gasteiger partial charge in [-0.2, -0.15) is 0 Å². The fourth-order valence-electron chi connectivity index (χ4n) is 2.41. The highest BCUT2D eigenvalue weighted by molar-refractivity contribution is 5.87. The largest absolute Gasteiger partial charge is 0.423 e. The maximum atomic E-state index is 12.1. The zero-order valence-corrected chi connectivity index (χ0v) is 12.7. The van der Waals surface area contributed by atoms with Crippen LogP contribution in [0.15, 0.2) is 57.9 Å². The second-order valence-corrected chi connectivity index (χ2v) is 5.36. The zero-order chi connectivity index (χ0) is 16.2. The Bertz CT molecular complexity index is 901. The van der Waals surface area contributed by atoms with Crippen LogP contribution in [-0.4, -0.2) is 10.9 Å². The predicted molar refractivity (Wildman–Crippen MR) is 87.0 cm³/mol. The number of amides is 1. The second kappa shape index (κ2) is 6.44. The summed E-state index contributed by atoms with van der Waals surface area (Å²) < 4.78 is 5.20. The molecule has 3 rings (SSSR count). The molecule has 1 amide bonds. The number of rotatable bonds is 4. The Labute approximate surface area is 133 Å². The number of pyridine rings is 1. The number of aryl methyl sites for hydroxylation is 1. The van der Waals surface area contributed by atoms with Crippen molar-refractivity contribution in [1.82, 2.24) is 10.3 Å². The van der Waals surface area contributed by atoms with Gasteiger partial charge in [-0.25, -0.2) is 4.79 Å². The fraction of sp³-hybridized carbons (Fsp3) is 0.167. The second-order valence-electron chi connectivity index (χ2n) is 5.36. The van der Waals surface area contributed by atoms with Crippen molar-refractivity contribution in [3.05, 3.63) is 75.9 Å². The van der Waals surface area contributed by atoms with Crippen molar-refractivity contribution >= 4 is 16.9 Å². The van der Waals surface area contributed by atoms with Gasteiger partial charge >= 0.3 is 5.63 Å². The Kier molecular flexibility index (Phi) is 4.19. The molecular formula is C18H16N2O3. The van der Waals surface area contributed by atoms with Gasteiger partial charge in [0.25, 0.3) is 0 Å². The van der Waals surface area contributed by atoms with Crippen LogP contribution in [0.1, 0.15) is 16.8 Å². The van der Waals surface area contributed by atoms with E-state index >= 15 is 0 Å². The van der Waals surface area contributed by atoms with Crippen LogP contribution in [0.4, 0.5) is 0 Å². The summed E-state index contributed by atoms with van der Waals surface area (Å²) >= 11 is 0. The van der Waals surface area contributed by atoms with E-state index in [9.17, 15) is 9.59 Å². The van der Waals surface area contributed by atoms with Gasteiger partial charge in [0.1, 0.15) is 5.58 Å². The SMILES string of the molecule is Cc1ccc2c(CC(=O)NCc3ccccn3)cc(=O)oc2c1. The molecule has 116 valence electrons. The number of nitrogens with zero attached hydrogens (tertiary/aromatic N) is 1. The topological polar surface area (TPSA) is 72.2 Å². The van der Waals surface area contributed by atoms with Crippen molar-refractivity contribution in [2.75, 3.05) is 0 Å². The smallest absolute Gasteiger partial charge is 0.336 e. The summed E-state index contributed by atoms with van der Waals surface area (Å²) in [7, 11) is 0. The highest BCUT2D eigenvalue weighted by Gasteiger charge is 2.10. The zero-order valence-electron chi connectivity index (χ0n) is 12.7. The molecule has 0 bridgehead atoms. The predicted octanol–water partition coefficient (Wildman–Crippen LogP) is 2.36. The highest BCUT2D eigenvalue weighted by Crippen LogP contribution is 2.18. The Balaban J connectivity index is 1.78. The molecule has 1 aromatic carbocycles. The first-order valence-electron chi connectivity index (χ1n) is 7.32. The summed E-state index contributed by atoms with van der Waals surface area (Å²) in [5.74, 6) is -0.164. The number of aromatic nitrogens is 1. The summed E-state index contributed by atoms with van der Waals surface area (Å²) in [5, 5.41) is 3.59. The minimum absolute atomic E-state index is 0.123. The van der Waals surface area contributed by atoms with E-state index in [1.807, 2.05) is 37.3 Å². The number of nitrogens with one attached hydrogen (secondary N) is 1. The van der Waals surface area contributed by atoms with Crippen LogP contribution in [0.3, 0.4) is 0 Å². The number of carbonyl (C=O) groups is 1. The Morgan fingerprint density at radius 3 is 2.87 bits per heavy atom. The lowest BCUT2D eigenvalue weighted by Gasteiger charge is -2.07. The van der Waals surface area contributed by atoms with Crippen LogP contribution in [0, 0.1) is 6.92 Å². The standard InChI is InChI=1S/C18H16N2O3/c1-12-5-6-15-13(10-18(22)23-16(15)8-12)9-17(21)20-11-14-4-2-3-7-19-14/h2-8,10H,9,11H2,1H3,(H,20,21). The summed E-state index contributed by atoms with van der Waals surface area (Å²) in [5.41, 5.74) is 2.50. The molecule has 0 saturated carbocycles. The third-order valence-corrected chi connectivity index (χ3v) is 3.53. The summed E-state index contributed by atoms with van der Waals surface area (Å²) in [4.78, 5) is 28.0. The fourth-order valence-corrected chi connectivity index (χ4v) is 2.41. The molecule has 3 aromatic rings. The average Bonchev–Trinajstić information content (AvgIpc) is 2.53. The van der Waals surface area contributed by atoms with Gasteiger partial charge in [-0.05, 0) is 36.2 Å².